The number of nitrogens with one attached hydrogen (secondary N) is 1. The van der Waals surface area contributed by atoms with E-state index >= 15 is 0 Å². The van der Waals surface area contributed by atoms with Gasteiger partial charge in [0.2, 0.25) is 11.8 Å². The van der Waals surface area contributed by atoms with E-state index in [0.29, 0.717) is 24.0 Å². The zero-order chi connectivity index (χ0) is 18.5. The van der Waals surface area contributed by atoms with Gasteiger partial charge in [0.05, 0.1) is 0 Å². The number of hydrogen-bond donors (Lipinski definition) is 1. The Hall–Kier alpha value is -3.15. The predicted octanol–water partition coefficient (Wildman–Crippen LogP) is 4.58. The molecule has 27 heavy (non-hydrogen) atoms. The molecule has 1 aromatic carbocycles. The maximum Gasteiger partial charge on any atom is 0.224 e. The Morgan fingerprint density at radius 1 is 1.11 bits per heavy atom. The van der Waals surface area contributed by atoms with Crippen LogP contribution in [0.2, 0.25) is 0 Å². The second-order valence-corrected chi connectivity index (χ2v) is 6.83. The predicted molar refractivity (Wildman–Crippen MR) is 103 cm³/mol. The van der Waals surface area contributed by atoms with Gasteiger partial charge in [-0.25, -0.2) is 9.97 Å². The van der Waals surface area contributed by atoms with Gasteiger partial charge < -0.3 is 14.6 Å². The minimum atomic E-state index is 0.0859. The summed E-state index contributed by atoms with van der Waals surface area (Å²) in [5, 5.41) is 2.96. The molecule has 6 nitrogen and oxygen atoms in total. The highest BCUT2D eigenvalue weighted by molar-refractivity contribution is 5.90. The van der Waals surface area contributed by atoms with Gasteiger partial charge in [0.25, 0.3) is 0 Å². The monoisotopic (exact) mass is 362 g/mol. The molecule has 3 aromatic rings. The molecule has 138 valence electrons. The molecule has 0 atom stereocenters. The molecule has 0 spiro atoms. The van der Waals surface area contributed by atoms with Gasteiger partial charge in [-0.1, -0.05) is 12.8 Å². The van der Waals surface area contributed by atoms with E-state index < -0.39 is 0 Å². The SMILES string of the molecule is O=C(CC1CCCC1)Nc1ccc(Oc2cc(-n3cccc3)ncn2)cc1. The summed E-state index contributed by atoms with van der Waals surface area (Å²) in [5.74, 6) is 2.48. The average molecular weight is 362 g/mol. The molecule has 6 heteroatoms. The molecule has 0 bridgehead atoms. The number of ether oxygens (including phenoxy) is 1. The Labute approximate surface area is 158 Å². The molecule has 2 heterocycles. The van der Waals surface area contributed by atoms with E-state index in [9.17, 15) is 4.79 Å². The Balaban J connectivity index is 1.36. The first kappa shape index (κ1) is 17.3. The normalized spacial score (nSPS) is 14.2. The largest absolute Gasteiger partial charge is 0.439 e. The lowest BCUT2D eigenvalue weighted by Gasteiger charge is -2.10. The summed E-state index contributed by atoms with van der Waals surface area (Å²) in [6, 6.07) is 13.0. The van der Waals surface area contributed by atoms with Crippen molar-refractivity contribution in [1.29, 1.82) is 0 Å². The molecular weight excluding hydrogens is 340 g/mol. The molecular formula is C21H22N4O2. The number of nitrogens with zero attached hydrogens (tertiary/aromatic N) is 3. The molecule has 1 aliphatic rings. The van der Waals surface area contributed by atoms with Crippen LogP contribution < -0.4 is 10.1 Å². The third kappa shape index (κ3) is 4.53. The van der Waals surface area contributed by atoms with E-state index in [1.807, 2.05) is 53.4 Å². The maximum atomic E-state index is 12.1. The lowest BCUT2D eigenvalue weighted by Crippen LogP contribution is -2.14. The van der Waals surface area contributed by atoms with Crippen molar-refractivity contribution in [2.24, 2.45) is 5.92 Å². The van der Waals surface area contributed by atoms with Gasteiger partial charge in [-0.15, -0.1) is 0 Å². The number of carbonyl (C=O) groups is 1. The summed E-state index contributed by atoms with van der Waals surface area (Å²) in [6.07, 6.45) is 10.8. The minimum Gasteiger partial charge on any atom is -0.439 e. The van der Waals surface area contributed by atoms with Crippen LogP contribution in [0.15, 0.2) is 61.2 Å². The summed E-state index contributed by atoms with van der Waals surface area (Å²) in [4.78, 5) is 20.5. The third-order valence-electron chi connectivity index (χ3n) is 4.81. The minimum absolute atomic E-state index is 0.0859. The number of benzene rings is 1. The van der Waals surface area contributed by atoms with Crippen molar-refractivity contribution in [3.05, 3.63) is 61.2 Å². The smallest absolute Gasteiger partial charge is 0.224 e. The quantitative estimate of drug-likeness (QED) is 0.697. The highest BCUT2D eigenvalue weighted by Gasteiger charge is 2.18. The van der Waals surface area contributed by atoms with Gasteiger partial charge in [-0.2, -0.15) is 0 Å². The highest BCUT2D eigenvalue weighted by atomic mass is 16.5. The van der Waals surface area contributed by atoms with Crippen molar-refractivity contribution in [1.82, 2.24) is 14.5 Å². The maximum absolute atomic E-state index is 12.1. The van der Waals surface area contributed by atoms with Gasteiger partial charge in [-0.05, 0) is 55.2 Å². The molecule has 0 saturated heterocycles. The second-order valence-electron chi connectivity index (χ2n) is 6.83. The molecule has 2 aromatic heterocycles. The summed E-state index contributed by atoms with van der Waals surface area (Å²) < 4.78 is 7.69. The second kappa shape index (κ2) is 8.03. The number of aromatic nitrogens is 3. The van der Waals surface area contributed by atoms with Crippen LogP contribution in [0.1, 0.15) is 32.1 Å². The Kier molecular flexibility index (Phi) is 5.14. The van der Waals surface area contributed by atoms with Crippen LogP contribution in [-0.4, -0.2) is 20.4 Å². The van der Waals surface area contributed by atoms with E-state index in [1.165, 1.54) is 32.0 Å². The van der Waals surface area contributed by atoms with Crippen LogP contribution in [-0.2, 0) is 4.79 Å². The number of amides is 1. The van der Waals surface area contributed by atoms with Gasteiger partial charge >= 0.3 is 0 Å². The highest BCUT2D eigenvalue weighted by Crippen LogP contribution is 2.28. The summed E-state index contributed by atoms with van der Waals surface area (Å²) >= 11 is 0. The molecule has 1 amide bonds. The summed E-state index contributed by atoms with van der Waals surface area (Å²) in [7, 11) is 0. The Morgan fingerprint density at radius 2 is 1.85 bits per heavy atom. The number of anilines is 1. The molecule has 4 rings (SSSR count). The fourth-order valence-corrected chi connectivity index (χ4v) is 3.43. The van der Waals surface area contributed by atoms with E-state index in [4.69, 9.17) is 4.74 Å². The lowest BCUT2D eigenvalue weighted by atomic mass is 10.0. The number of carbonyl (C=O) groups excluding carboxylic acids is 1. The number of hydrogen-bond acceptors (Lipinski definition) is 4. The molecule has 0 radical (unpaired) electrons. The molecule has 1 N–H and O–H groups in total. The first-order valence-corrected chi connectivity index (χ1v) is 9.29. The van der Waals surface area contributed by atoms with E-state index in [0.717, 1.165) is 11.5 Å². The van der Waals surface area contributed by atoms with E-state index in [2.05, 4.69) is 15.3 Å². The average Bonchev–Trinajstić information content (AvgIpc) is 3.37. The topological polar surface area (TPSA) is 69.0 Å². The molecule has 1 fully saturated rings. The van der Waals surface area contributed by atoms with Crippen molar-refractivity contribution in [2.75, 3.05) is 5.32 Å². The van der Waals surface area contributed by atoms with Crippen LogP contribution in [0.3, 0.4) is 0 Å². The molecule has 0 unspecified atom stereocenters. The van der Waals surface area contributed by atoms with Gasteiger partial charge in [-0.3, -0.25) is 4.79 Å². The Bertz CT molecular complexity index is 885. The first-order valence-electron chi connectivity index (χ1n) is 9.29. The zero-order valence-electron chi connectivity index (χ0n) is 15.0. The van der Waals surface area contributed by atoms with Crippen molar-refractivity contribution in [3.63, 3.8) is 0 Å². The van der Waals surface area contributed by atoms with Gasteiger partial charge in [0, 0.05) is 30.6 Å². The standard InChI is InChI=1S/C21H22N4O2/c26-20(13-16-5-1-2-6-16)24-17-7-9-18(10-8-17)27-21-14-19(22-15-23-21)25-11-3-4-12-25/h3-4,7-12,14-16H,1-2,5-6,13H2,(H,24,26). The van der Waals surface area contributed by atoms with Crippen molar-refractivity contribution in [2.45, 2.75) is 32.1 Å². The fourth-order valence-electron chi connectivity index (χ4n) is 3.43. The van der Waals surface area contributed by atoms with Crippen molar-refractivity contribution >= 4 is 11.6 Å². The lowest BCUT2D eigenvalue weighted by molar-refractivity contribution is -0.117. The van der Waals surface area contributed by atoms with Crippen molar-refractivity contribution < 1.29 is 9.53 Å². The van der Waals surface area contributed by atoms with E-state index in [-0.39, 0.29) is 5.91 Å². The van der Waals surface area contributed by atoms with Crippen molar-refractivity contribution in [3.8, 4) is 17.4 Å². The van der Waals surface area contributed by atoms with Crippen LogP contribution in [0.25, 0.3) is 5.82 Å². The number of rotatable bonds is 6. The van der Waals surface area contributed by atoms with E-state index in [1.54, 1.807) is 6.07 Å². The third-order valence-corrected chi connectivity index (χ3v) is 4.81. The van der Waals surface area contributed by atoms with Crippen LogP contribution in [0, 0.1) is 5.92 Å². The molecule has 1 aliphatic carbocycles. The zero-order valence-corrected chi connectivity index (χ0v) is 15.0. The first-order chi connectivity index (χ1) is 13.3. The van der Waals surface area contributed by atoms with Gasteiger partial charge in [0.15, 0.2) is 0 Å². The van der Waals surface area contributed by atoms with Gasteiger partial charge in [0.1, 0.15) is 17.9 Å². The Morgan fingerprint density at radius 3 is 2.59 bits per heavy atom. The fraction of sp³-hybridized carbons (Fsp3) is 0.286. The summed E-state index contributed by atoms with van der Waals surface area (Å²) in [6.45, 7) is 0. The van der Waals surface area contributed by atoms with Crippen LogP contribution >= 0.6 is 0 Å². The van der Waals surface area contributed by atoms with Crippen LogP contribution in [0.4, 0.5) is 5.69 Å². The summed E-state index contributed by atoms with van der Waals surface area (Å²) in [5.41, 5.74) is 0.779. The molecule has 0 aliphatic heterocycles. The van der Waals surface area contributed by atoms with Crippen LogP contribution in [0.5, 0.6) is 11.6 Å². The molecule has 1 saturated carbocycles.